The lowest BCUT2D eigenvalue weighted by atomic mass is 10.2. The van der Waals surface area contributed by atoms with Crippen LogP contribution in [0.4, 0.5) is 11.6 Å². The molecular formula is C20H24N4O. The van der Waals surface area contributed by atoms with Gasteiger partial charge in [-0.1, -0.05) is 31.0 Å². The van der Waals surface area contributed by atoms with E-state index in [1.54, 1.807) is 0 Å². The normalized spacial score (nSPS) is 17.3. The maximum absolute atomic E-state index is 13.1. The number of para-hydroxylation sites is 1. The molecule has 0 radical (unpaired) electrons. The van der Waals surface area contributed by atoms with Gasteiger partial charge in [0.1, 0.15) is 5.69 Å². The van der Waals surface area contributed by atoms with Crippen LogP contribution in [0.2, 0.25) is 0 Å². The van der Waals surface area contributed by atoms with Crippen LogP contribution in [-0.4, -0.2) is 35.5 Å². The lowest BCUT2D eigenvalue weighted by Crippen LogP contribution is -2.31. The second kappa shape index (κ2) is 6.82. The molecule has 1 aromatic heterocycles. The first kappa shape index (κ1) is 16.1. The molecule has 5 heteroatoms. The van der Waals surface area contributed by atoms with Crippen LogP contribution in [0.1, 0.15) is 47.4 Å². The zero-order valence-electron chi connectivity index (χ0n) is 14.7. The molecule has 1 aromatic carbocycles. The molecule has 1 saturated heterocycles. The van der Waals surface area contributed by atoms with Crippen LogP contribution in [0, 0.1) is 6.92 Å². The van der Waals surface area contributed by atoms with E-state index in [4.69, 9.17) is 0 Å². The molecule has 2 aliphatic rings. The summed E-state index contributed by atoms with van der Waals surface area (Å²) in [6.07, 6.45) is 5.77. The van der Waals surface area contributed by atoms with Crippen molar-refractivity contribution < 1.29 is 4.79 Å². The molecule has 0 N–H and O–H groups in total. The highest BCUT2D eigenvalue weighted by Gasteiger charge is 2.27. The van der Waals surface area contributed by atoms with E-state index in [1.165, 1.54) is 31.2 Å². The molecular weight excluding hydrogens is 312 g/mol. The van der Waals surface area contributed by atoms with Gasteiger partial charge in [0.05, 0.1) is 0 Å². The number of hydrogen-bond acceptors (Lipinski definition) is 4. The van der Waals surface area contributed by atoms with Crippen LogP contribution in [0.3, 0.4) is 0 Å². The molecule has 0 aliphatic carbocycles. The van der Waals surface area contributed by atoms with Gasteiger partial charge in [0.2, 0.25) is 5.95 Å². The van der Waals surface area contributed by atoms with Crippen molar-refractivity contribution in [3.63, 3.8) is 0 Å². The van der Waals surface area contributed by atoms with Crippen molar-refractivity contribution in [1.29, 1.82) is 0 Å². The molecule has 0 bridgehead atoms. The minimum Gasteiger partial charge on any atom is -0.341 e. The maximum Gasteiger partial charge on any atom is 0.277 e. The molecule has 130 valence electrons. The van der Waals surface area contributed by atoms with Gasteiger partial charge in [-0.3, -0.25) is 4.79 Å². The number of hydrogen-bond donors (Lipinski definition) is 0. The first-order chi connectivity index (χ1) is 12.2. The number of amides is 1. The zero-order valence-corrected chi connectivity index (χ0v) is 14.7. The fourth-order valence-electron chi connectivity index (χ4n) is 3.76. The van der Waals surface area contributed by atoms with E-state index in [2.05, 4.69) is 20.9 Å². The Labute approximate surface area is 148 Å². The number of fused-ring (bicyclic) bond motifs is 1. The summed E-state index contributed by atoms with van der Waals surface area (Å²) in [6, 6.07) is 9.93. The van der Waals surface area contributed by atoms with Gasteiger partial charge in [-0.05, 0) is 43.9 Å². The number of aromatic nitrogens is 2. The van der Waals surface area contributed by atoms with E-state index in [1.807, 2.05) is 36.1 Å². The molecule has 4 rings (SSSR count). The molecule has 0 unspecified atom stereocenters. The molecule has 5 nitrogen and oxygen atoms in total. The number of benzene rings is 1. The number of rotatable bonds is 2. The number of carbonyl (C=O) groups is 1. The number of aryl methyl sites for hydroxylation is 1. The summed E-state index contributed by atoms with van der Waals surface area (Å²) in [5.74, 6) is 0.684. The van der Waals surface area contributed by atoms with Crippen molar-refractivity contribution in [2.24, 2.45) is 0 Å². The second-order valence-corrected chi connectivity index (χ2v) is 6.93. The van der Waals surface area contributed by atoms with Crippen LogP contribution in [0.25, 0.3) is 0 Å². The van der Waals surface area contributed by atoms with Crippen LogP contribution >= 0.6 is 0 Å². The van der Waals surface area contributed by atoms with Gasteiger partial charge in [-0.15, -0.1) is 0 Å². The summed E-state index contributed by atoms with van der Waals surface area (Å²) in [5.41, 5.74) is 3.60. The van der Waals surface area contributed by atoms with E-state index < -0.39 is 0 Å². The minimum atomic E-state index is -0.0217. The third-order valence-electron chi connectivity index (χ3n) is 5.08. The standard InChI is InChI=1S/C20H24N4O/c1-15-14-17(22-20(21-15)23-11-6-2-3-7-12-23)19(25)24-13-10-16-8-4-5-9-18(16)24/h4-5,8-9,14H,2-3,6-7,10-13H2,1H3. The summed E-state index contributed by atoms with van der Waals surface area (Å²) in [6.45, 7) is 4.62. The molecule has 25 heavy (non-hydrogen) atoms. The summed E-state index contributed by atoms with van der Waals surface area (Å²) in [4.78, 5) is 26.4. The van der Waals surface area contributed by atoms with Crippen molar-refractivity contribution >= 4 is 17.5 Å². The summed E-state index contributed by atoms with van der Waals surface area (Å²) >= 11 is 0. The topological polar surface area (TPSA) is 49.3 Å². The molecule has 2 aliphatic heterocycles. The van der Waals surface area contributed by atoms with Crippen molar-refractivity contribution in [1.82, 2.24) is 9.97 Å². The van der Waals surface area contributed by atoms with E-state index >= 15 is 0 Å². The summed E-state index contributed by atoms with van der Waals surface area (Å²) < 4.78 is 0. The quantitative estimate of drug-likeness (QED) is 0.844. The average molecular weight is 336 g/mol. The minimum absolute atomic E-state index is 0.0217. The maximum atomic E-state index is 13.1. The third-order valence-corrected chi connectivity index (χ3v) is 5.08. The van der Waals surface area contributed by atoms with Crippen LogP contribution in [0.5, 0.6) is 0 Å². The zero-order chi connectivity index (χ0) is 17.2. The highest BCUT2D eigenvalue weighted by Crippen LogP contribution is 2.29. The van der Waals surface area contributed by atoms with Crippen molar-refractivity contribution in [3.05, 3.63) is 47.3 Å². The molecule has 2 aromatic rings. The van der Waals surface area contributed by atoms with Gasteiger partial charge in [0.15, 0.2) is 0 Å². The van der Waals surface area contributed by atoms with Crippen molar-refractivity contribution in [2.45, 2.75) is 39.0 Å². The second-order valence-electron chi connectivity index (χ2n) is 6.93. The van der Waals surface area contributed by atoms with Crippen LogP contribution < -0.4 is 9.80 Å². The Balaban J connectivity index is 1.63. The van der Waals surface area contributed by atoms with Crippen molar-refractivity contribution in [2.75, 3.05) is 29.4 Å². The number of anilines is 2. The highest BCUT2D eigenvalue weighted by molar-refractivity contribution is 6.06. The molecule has 0 saturated carbocycles. The van der Waals surface area contributed by atoms with Crippen LogP contribution in [-0.2, 0) is 6.42 Å². The lowest BCUT2D eigenvalue weighted by molar-refractivity contribution is 0.0984. The van der Waals surface area contributed by atoms with E-state index in [0.29, 0.717) is 11.6 Å². The average Bonchev–Trinajstić information content (AvgIpc) is 2.86. The predicted molar refractivity (Wildman–Crippen MR) is 99.3 cm³/mol. The van der Waals surface area contributed by atoms with Gasteiger partial charge in [0.25, 0.3) is 5.91 Å². The van der Waals surface area contributed by atoms with Gasteiger partial charge in [-0.25, -0.2) is 9.97 Å². The summed E-state index contributed by atoms with van der Waals surface area (Å²) in [7, 11) is 0. The fourth-order valence-corrected chi connectivity index (χ4v) is 3.76. The van der Waals surface area contributed by atoms with Gasteiger partial charge >= 0.3 is 0 Å². The molecule has 0 spiro atoms. The Hall–Kier alpha value is -2.43. The molecule has 0 atom stereocenters. The molecule has 3 heterocycles. The lowest BCUT2D eigenvalue weighted by Gasteiger charge is -2.22. The Morgan fingerprint density at radius 1 is 1.00 bits per heavy atom. The number of nitrogens with zero attached hydrogens (tertiary/aromatic N) is 4. The first-order valence-corrected chi connectivity index (χ1v) is 9.23. The smallest absolute Gasteiger partial charge is 0.277 e. The van der Waals surface area contributed by atoms with E-state index in [0.717, 1.165) is 37.4 Å². The van der Waals surface area contributed by atoms with E-state index in [9.17, 15) is 4.79 Å². The fraction of sp³-hybridized carbons (Fsp3) is 0.450. The Bertz CT molecular complexity index is 781. The molecule has 1 fully saturated rings. The largest absolute Gasteiger partial charge is 0.341 e. The Morgan fingerprint density at radius 3 is 2.56 bits per heavy atom. The number of carbonyl (C=O) groups excluding carboxylic acids is 1. The summed E-state index contributed by atoms with van der Waals surface area (Å²) in [5, 5.41) is 0. The Morgan fingerprint density at radius 2 is 1.76 bits per heavy atom. The SMILES string of the molecule is Cc1cc(C(=O)N2CCc3ccccc32)nc(N2CCCCCC2)n1. The van der Waals surface area contributed by atoms with Crippen molar-refractivity contribution in [3.8, 4) is 0 Å². The predicted octanol–water partition coefficient (Wildman–Crippen LogP) is 3.37. The van der Waals surface area contributed by atoms with E-state index in [-0.39, 0.29) is 5.91 Å². The Kier molecular flexibility index (Phi) is 4.38. The third kappa shape index (κ3) is 3.23. The van der Waals surface area contributed by atoms with Gasteiger partial charge in [0, 0.05) is 31.0 Å². The molecule has 1 amide bonds. The first-order valence-electron chi connectivity index (χ1n) is 9.23. The monoisotopic (exact) mass is 336 g/mol. The highest BCUT2D eigenvalue weighted by atomic mass is 16.2. The van der Waals surface area contributed by atoms with Gasteiger partial charge < -0.3 is 9.80 Å². The van der Waals surface area contributed by atoms with Gasteiger partial charge in [-0.2, -0.15) is 0 Å². The van der Waals surface area contributed by atoms with Crippen LogP contribution in [0.15, 0.2) is 30.3 Å².